The van der Waals surface area contributed by atoms with Crippen molar-refractivity contribution in [2.45, 2.75) is 13.1 Å². The van der Waals surface area contributed by atoms with Crippen molar-refractivity contribution in [3.05, 3.63) is 164 Å². The Hall–Kier alpha value is -5.90. The van der Waals surface area contributed by atoms with Crippen LogP contribution in [0.5, 0.6) is 0 Å². The molecule has 0 aromatic heterocycles. The van der Waals surface area contributed by atoms with E-state index < -0.39 is 9.85 Å². The van der Waals surface area contributed by atoms with Crippen molar-refractivity contribution < 1.29 is 19.4 Å². The van der Waals surface area contributed by atoms with Crippen molar-refractivity contribution in [2.24, 2.45) is 0 Å². The van der Waals surface area contributed by atoms with E-state index in [1.807, 2.05) is 60.7 Å². The van der Waals surface area contributed by atoms with Gasteiger partial charge in [0, 0.05) is 62.6 Å². The molecule has 0 unspecified atom stereocenters. The average molecular weight is 591 g/mol. The van der Waals surface area contributed by atoms with Gasteiger partial charge in [0.2, 0.25) is 11.8 Å². The molecule has 0 heterocycles. The van der Waals surface area contributed by atoms with E-state index in [2.05, 4.69) is 0 Å². The molecule has 4 rings (SSSR count). The lowest BCUT2D eigenvalue weighted by Crippen LogP contribution is -2.39. The number of benzene rings is 4. The Bertz CT molecular complexity index is 1510. The largest absolute Gasteiger partial charge is 0.333 e. The number of rotatable bonds is 13. The predicted octanol–water partition coefficient (Wildman–Crippen LogP) is 6.29. The fraction of sp³-hybridized carbons (Fsp3) is 0.118. The van der Waals surface area contributed by atoms with Crippen molar-refractivity contribution >= 4 is 35.3 Å². The maximum absolute atomic E-state index is 13.4. The second kappa shape index (κ2) is 15.4. The third-order valence-electron chi connectivity index (χ3n) is 6.74. The molecule has 2 amide bonds. The van der Waals surface area contributed by atoms with E-state index >= 15 is 0 Å². The lowest BCUT2D eigenvalue weighted by atomic mass is 10.1. The van der Waals surface area contributed by atoms with E-state index in [1.54, 1.807) is 46.2 Å². The normalized spacial score (nSPS) is 11.0. The second-order valence-corrected chi connectivity index (χ2v) is 9.85. The van der Waals surface area contributed by atoms with Crippen LogP contribution in [0.15, 0.2) is 121 Å². The van der Waals surface area contributed by atoms with Gasteiger partial charge in [-0.15, -0.1) is 0 Å². The van der Waals surface area contributed by atoms with E-state index in [-0.39, 0.29) is 36.3 Å². The van der Waals surface area contributed by atoms with Gasteiger partial charge in [-0.05, 0) is 58.7 Å². The maximum atomic E-state index is 13.4. The molecular weight excluding hydrogens is 560 g/mol. The third kappa shape index (κ3) is 9.31. The Kier molecular flexibility index (Phi) is 10.8. The highest BCUT2D eigenvalue weighted by molar-refractivity contribution is 5.93. The van der Waals surface area contributed by atoms with Crippen LogP contribution in [0, 0.1) is 20.2 Å². The van der Waals surface area contributed by atoms with Crippen LogP contribution in [-0.2, 0) is 22.7 Å². The summed E-state index contributed by atoms with van der Waals surface area (Å²) in [5.41, 5.74) is 3.05. The first-order valence-electron chi connectivity index (χ1n) is 13.8. The monoisotopic (exact) mass is 590 g/mol. The van der Waals surface area contributed by atoms with Gasteiger partial charge in [-0.1, -0.05) is 60.7 Å². The van der Waals surface area contributed by atoms with Crippen LogP contribution in [0.4, 0.5) is 11.4 Å². The second-order valence-electron chi connectivity index (χ2n) is 9.85. The van der Waals surface area contributed by atoms with Gasteiger partial charge in [-0.3, -0.25) is 29.8 Å². The number of nitro groups is 2. The molecule has 44 heavy (non-hydrogen) atoms. The predicted molar refractivity (Wildman–Crippen MR) is 168 cm³/mol. The summed E-state index contributed by atoms with van der Waals surface area (Å²) in [6, 6.07) is 30.8. The Morgan fingerprint density at radius 2 is 0.886 bits per heavy atom. The highest BCUT2D eigenvalue weighted by Crippen LogP contribution is 2.15. The zero-order chi connectivity index (χ0) is 31.3. The average Bonchev–Trinajstić information content (AvgIpc) is 3.05. The molecule has 0 spiro atoms. The molecule has 0 aliphatic carbocycles. The van der Waals surface area contributed by atoms with Crippen molar-refractivity contribution in [3.8, 4) is 0 Å². The summed E-state index contributed by atoms with van der Waals surface area (Å²) in [5.74, 6) is -0.554. The Balaban J connectivity index is 1.52. The lowest BCUT2D eigenvalue weighted by Gasteiger charge is -2.27. The van der Waals surface area contributed by atoms with Gasteiger partial charge >= 0.3 is 0 Å². The smallest absolute Gasteiger partial charge is 0.269 e. The molecule has 0 aliphatic heterocycles. The minimum absolute atomic E-state index is 0.0371. The summed E-state index contributed by atoms with van der Waals surface area (Å²) in [5, 5.41) is 21.9. The van der Waals surface area contributed by atoms with Crippen molar-refractivity contribution in [3.63, 3.8) is 0 Å². The van der Waals surface area contributed by atoms with Gasteiger partial charge in [0.05, 0.1) is 9.85 Å². The van der Waals surface area contributed by atoms with Crippen molar-refractivity contribution in [2.75, 3.05) is 13.1 Å². The zero-order valence-electron chi connectivity index (χ0n) is 23.8. The molecule has 0 bridgehead atoms. The van der Waals surface area contributed by atoms with Crippen LogP contribution >= 0.6 is 0 Å². The topological polar surface area (TPSA) is 127 Å². The van der Waals surface area contributed by atoms with Gasteiger partial charge in [-0.2, -0.15) is 0 Å². The van der Waals surface area contributed by atoms with Crippen LogP contribution in [0.3, 0.4) is 0 Å². The van der Waals surface area contributed by atoms with Gasteiger partial charge in [-0.25, -0.2) is 0 Å². The number of hydrogen-bond donors (Lipinski definition) is 0. The van der Waals surface area contributed by atoms with E-state index in [9.17, 15) is 29.8 Å². The van der Waals surface area contributed by atoms with Gasteiger partial charge in [0.25, 0.3) is 11.4 Å². The first-order chi connectivity index (χ1) is 21.3. The van der Waals surface area contributed by atoms with E-state index in [0.29, 0.717) is 24.2 Å². The summed E-state index contributed by atoms with van der Waals surface area (Å²) < 4.78 is 0. The third-order valence-corrected chi connectivity index (χ3v) is 6.74. The van der Waals surface area contributed by atoms with Crippen LogP contribution < -0.4 is 0 Å². The molecule has 0 saturated heterocycles. The summed E-state index contributed by atoms with van der Waals surface area (Å²) in [7, 11) is 0. The maximum Gasteiger partial charge on any atom is 0.269 e. The van der Waals surface area contributed by atoms with Crippen molar-refractivity contribution in [1.82, 2.24) is 9.80 Å². The quantitative estimate of drug-likeness (QED) is 0.102. The fourth-order valence-electron chi connectivity index (χ4n) is 4.34. The molecule has 4 aromatic carbocycles. The van der Waals surface area contributed by atoms with E-state index in [0.717, 1.165) is 11.1 Å². The number of nitro benzene ring substituents is 2. The Morgan fingerprint density at radius 1 is 0.545 bits per heavy atom. The van der Waals surface area contributed by atoms with Crippen LogP contribution in [-0.4, -0.2) is 44.6 Å². The summed E-state index contributed by atoms with van der Waals surface area (Å²) in [6.45, 7) is 1.11. The molecule has 0 fully saturated rings. The lowest BCUT2D eigenvalue weighted by molar-refractivity contribution is -0.385. The minimum Gasteiger partial charge on any atom is -0.333 e. The van der Waals surface area contributed by atoms with E-state index in [4.69, 9.17) is 0 Å². The number of hydrogen-bond acceptors (Lipinski definition) is 6. The molecule has 0 saturated carbocycles. The summed E-state index contributed by atoms with van der Waals surface area (Å²) in [4.78, 5) is 51.0. The first-order valence-corrected chi connectivity index (χ1v) is 13.8. The molecule has 0 radical (unpaired) electrons. The summed E-state index contributed by atoms with van der Waals surface area (Å²) >= 11 is 0. The Morgan fingerprint density at radius 3 is 1.20 bits per heavy atom. The molecule has 4 aromatic rings. The minimum atomic E-state index is -0.482. The highest BCUT2D eigenvalue weighted by Gasteiger charge is 2.17. The Labute approximate surface area is 254 Å². The molecule has 10 nitrogen and oxygen atoms in total. The standard InChI is InChI=1S/C34H30N4O6/c39-33(21-15-27-11-17-31(18-12-27)37(41)42)35(25-29-7-3-1-4-8-29)23-24-36(26-30-9-5-2-6-10-30)34(40)22-16-28-13-19-32(20-14-28)38(43)44/h1-22H,23-26H2/b21-15+,22-16+. The van der Waals surface area contributed by atoms with Crippen molar-refractivity contribution in [1.29, 1.82) is 0 Å². The number of non-ortho nitro benzene ring substituents is 2. The first kappa shape index (κ1) is 31.0. The number of amides is 2. The number of nitrogens with zero attached hydrogens (tertiary/aromatic N) is 4. The molecular formula is C34H30N4O6. The fourth-order valence-corrected chi connectivity index (χ4v) is 4.34. The van der Waals surface area contributed by atoms with Gasteiger partial charge in [0.1, 0.15) is 0 Å². The number of carbonyl (C=O) groups is 2. The van der Waals surface area contributed by atoms with Crippen LogP contribution in [0.25, 0.3) is 12.2 Å². The molecule has 10 heteroatoms. The van der Waals surface area contributed by atoms with Crippen LogP contribution in [0.1, 0.15) is 22.3 Å². The molecule has 0 aliphatic rings. The summed E-state index contributed by atoms with van der Waals surface area (Å²) in [6.07, 6.45) is 6.04. The highest BCUT2D eigenvalue weighted by atomic mass is 16.6. The number of carbonyl (C=O) groups excluding carboxylic acids is 2. The molecule has 222 valence electrons. The van der Waals surface area contributed by atoms with Gasteiger partial charge < -0.3 is 9.80 Å². The zero-order valence-corrected chi connectivity index (χ0v) is 23.8. The molecule has 0 atom stereocenters. The molecule has 0 N–H and O–H groups in total. The van der Waals surface area contributed by atoms with Gasteiger partial charge in [0.15, 0.2) is 0 Å². The SMILES string of the molecule is O=C(/C=C/c1ccc([N+](=O)[O-])cc1)N(CCN(Cc1ccccc1)C(=O)/C=C/c1ccc([N+](=O)[O-])cc1)Cc1ccccc1. The van der Waals surface area contributed by atoms with Crippen LogP contribution in [0.2, 0.25) is 0 Å². The van der Waals surface area contributed by atoms with E-state index in [1.165, 1.54) is 36.4 Å².